The van der Waals surface area contributed by atoms with Gasteiger partial charge in [-0.05, 0) is 0 Å². The van der Waals surface area contributed by atoms with E-state index in [2.05, 4.69) is 0 Å². The molecule has 4 nitrogen and oxygen atoms in total. The third-order valence-electron chi connectivity index (χ3n) is 1.15. The zero-order valence-electron chi connectivity index (χ0n) is 6.19. The largest absolute Gasteiger partial charge is 0.490 e. The predicted octanol–water partition coefficient (Wildman–Crippen LogP) is 0.817. The highest BCUT2D eigenvalue weighted by atomic mass is 32.1. The fourth-order valence-electron chi connectivity index (χ4n) is 0.670. The number of aromatic carboxylic acids is 1. The van der Waals surface area contributed by atoms with Gasteiger partial charge in [0.25, 0.3) is 0 Å². The third kappa shape index (κ3) is 2.21. The number of aliphatic hydroxyl groups is 1. The maximum Gasteiger partial charge on any atom is 0.346 e. The zero-order valence-corrected chi connectivity index (χ0v) is 7.00. The van der Waals surface area contributed by atoms with Crippen LogP contribution in [-0.4, -0.2) is 29.4 Å². The first-order chi connectivity index (χ1) is 5.74. The summed E-state index contributed by atoms with van der Waals surface area (Å²) in [6.45, 7) is 0.119. The van der Waals surface area contributed by atoms with Crippen molar-refractivity contribution in [3.05, 3.63) is 16.3 Å². The first kappa shape index (κ1) is 9.02. The van der Waals surface area contributed by atoms with Crippen LogP contribution in [0.25, 0.3) is 0 Å². The summed E-state index contributed by atoms with van der Waals surface area (Å²) in [5.74, 6) is -0.467. The number of carboxylic acids is 1. The molecule has 0 bridgehead atoms. The molecule has 1 heterocycles. The molecular formula is C7H8O4S. The van der Waals surface area contributed by atoms with Gasteiger partial charge >= 0.3 is 5.97 Å². The number of rotatable bonds is 4. The van der Waals surface area contributed by atoms with Crippen molar-refractivity contribution in [2.24, 2.45) is 0 Å². The Morgan fingerprint density at radius 3 is 2.92 bits per heavy atom. The highest BCUT2D eigenvalue weighted by Gasteiger charge is 2.06. The van der Waals surface area contributed by atoms with Crippen molar-refractivity contribution in [3.63, 3.8) is 0 Å². The summed E-state index contributed by atoms with van der Waals surface area (Å²) >= 11 is 1.10. The van der Waals surface area contributed by atoms with Crippen molar-refractivity contribution < 1.29 is 19.7 Å². The van der Waals surface area contributed by atoms with Crippen molar-refractivity contribution >= 4 is 17.3 Å². The van der Waals surface area contributed by atoms with Crippen LogP contribution in [0.5, 0.6) is 5.75 Å². The summed E-state index contributed by atoms with van der Waals surface area (Å²) in [6.07, 6.45) is 0. The van der Waals surface area contributed by atoms with Crippen LogP contribution in [0.4, 0.5) is 0 Å². The zero-order chi connectivity index (χ0) is 8.97. The van der Waals surface area contributed by atoms with E-state index in [1.54, 1.807) is 5.38 Å². The average Bonchev–Trinajstić information content (AvgIpc) is 2.48. The molecule has 0 unspecified atom stereocenters. The molecule has 0 aliphatic heterocycles. The van der Waals surface area contributed by atoms with Gasteiger partial charge in [0.05, 0.1) is 6.61 Å². The first-order valence-electron chi connectivity index (χ1n) is 3.29. The van der Waals surface area contributed by atoms with Crippen LogP contribution in [0.2, 0.25) is 0 Å². The Balaban J connectivity index is 2.58. The lowest BCUT2D eigenvalue weighted by molar-refractivity contribution is 0.0702. The standard InChI is InChI=1S/C7H8O4S/c8-1-2-11-5-3-6(7(9)10)12-4-5/h3-4,8H,1-2H2,(H,9,10). The molecule has 0 saturated heterocycles. The van der Waals surface area contributed by atoms with E-state index < -0.39 is 5.97 Å². The maximum absolute atomic E-state index is 10.4. The first-order valence-corrected chi connectivity index (χ1v) is 4.17. The van der Waals surface area contributed by atoms with E-state index >= 15 is 0 Å². The Morgan fingerprint density at radius 1 is 1.67 bits per heavy atom. The molecule has 0 fully saturated rings. The number of aliphatic hydroxyl groups excluding tert-OH is 1. The fourth-order valence-corrected chi connectivity index (χ4v) is 1.33. The van der Waals surface area contributed by atoms with Gasteiger partial charge in [0.1, 0.15) is 17.2 Å². The van der Waals surface area contributed by atoms with E-state index in [0.717, 1.165) is 11.3 Å². The lowest BCUT2D eigenvalue weighted by atomic mass is 10.4. The van der Waals surface area contributed by atoms with Gasteiger partial charge in [-0.2, -0.15) is 0 Å². The second-order valence-corrected chi connectivity index (χ2v) is 2.94. The van der Waals surface area contributed by atoms with Crippen molar-refractivity contribution in [3.8, 4) is 5.75 Å². The predicted molar refractivity (Wildman–Crippen MR) is 43.9 cm³/mol. The van der Waals surface area contributed by atoms with Crippen LogP contribution >= 0.6 is 11.3 Å². The van der Waals surface area contributed by atoms with E-state index in [-0.39, 0.29) is 18.1 Å². The van der Waals surface area contributed by atoms with Crippen LogP contribution in [-0.2, 0) is 0 Å². The minimum absolute atomic E-state index is 0.0712. The molecule has 5 heteroatoms. The summed E-state index contributed by atoms with van der Waals surface area (Å²) in [7, 11) is 0. The second kappa shape index (κ2) is 4.08. The molecule has 2 N–H and O–H groups in total. The summed E-state index contributed by atoms with van der Waals surface area (Å²) < 4.78 is 4.98. The smallest absolute Gasteiger partial charge is 0.346 e. The molecule has 0 aliphatic rings. The highest BCUT2D eigenvalue weighted by Crippen LogP contribution is 2.21. The molecule has 0 saturated carbocycles. The molecule has 66 valence electrons. The molecule has 1 rings (SSSR count). The van der Waals surface area contributed by atoms with Crippen LogP contribution < -0.4 is 4.74 Å². The quantitative estimate of drug-likeness (QED) is 0.734. The molecule has 0 spiro atoms. The SMILES string of the molecule is O=C(O)c1cc(OCCO)cs1. The number of carbonyl (C=O) groups is 1. The lowest BCUT2D eigenvalue weighted by Gasteiger charge is -1.97. The molecule has 0 aromatic carbocycles. The monoisotopic (exact) mass is 188 g/mol. The van der Waals surface area contributed by atoms with Crippen LogP contribution in [0.3, 0.4) is 0 Å². The Kier molecular flexibility index (Phi) is 3.07. The number of thiophene rings is 1. The Morgan fingerprint density at radius 2 is 2.42 bits per heavy atom. The fraction of sp³-hybridized carbons (Fsp3) is 0.286. The summed E-state index contributed by atoms with van der Waals surface area (Å²) in [6, 6.07) is 1.43. The minimum atomic E-state index is -0.959. The molecule has 1 aromatic heterocycles. The van der Waals surface area contributed by atoms with Gasteiger partial charge in [-0.15, -0.1) is 11.3 Å². The van der Waals surface area contributed by atoms with Crippen molar-refractivity contribution in [1.29, 1.82) is 0 Å². The molecule has 1 aromatic rings. The minimum Gasteiger partial charge on any atom is -0.490 e. The summed E-state index contributed by atoms with van der Waals surface area (Å²) in [4.78, 5) is 10.6. The van der Waals surface area contributed by atoms with Gasteiger partial charge in [0.15, 0.2) is 0 Å². The molecule has 0 radical (unpaired) electrons. The molecule has 0 aliphatic carbocycles. The van der Waals surface area contributed by atoms with Gasteiger partial charge in [-0.25, -0.2) is 4.79 Å². The third-order valence-corrected chi connectivity index (χ3v) is 2.04. The van der Waals surface area contributed by atoms with Gasteiger partial charge in [0, 0.05) is 11.4 Å². The van der Waals surface area contributed by atoms with Crippen molar-refractivity contribution in [2.75, 3.05) is 13.2 Å². The highest BCUT2D eigenvalue weighted by molar-refractivity contribution is 7.12. The van der Waals surface area contributed by atoms with Crippen LogP contribution in [0.15, 0.2) is 11.4 Å². The van der Waals surface area contributed by atoms with Crippen LogP contribution in [0, 0.1) is 0 Å². The number of hydrogen-bond acceptors (Lipinski definition) is 4. The molecular weight excluding hydrogens is 180 g/mol. The number of carboxylic acid groups (broad SMARTS) is 1. The van der Waals surface area contributed by atoms with E-state index in [1.807, 2.05) is 0 Å². The summed E-state index contributed by atoms with van der Waals surface area (Å²) in [5.41, 5.74) is 0. The van der Waals surface area contributed by atoms with Gasteiger partial charge in [-0.3, -0.25) is 0 Å². The van der Waals surface area contributed by atoms with E-state index in [1.165, 1.54) is 6.07 Å². The molecule has 12 heavy (non-hydrogen) atoms. The topological polar surface area (TPSA) is 66.8 Å². The van der Waals surface area contributed by atoms with E-state index in [4.69, 9.17) is 14.9 Å². The van der Waals surface area contributed by atoms with Crippen molar-refractivity contribution in [2.45, 2.75) is 0 Å². The Labute approximate surface area is 73.0 Å². The molecule has 0 amide bonds. The number of hydrogen-bond donors (Lipinski definition) is 2. The van der Waals surface area contributed by atoms with Crippen LogP contribution in [0.1, 0.15) is 9.67 Å². The normalized spacial score (nSPS) is 9.75. The number of ether oxygens (including phenoxy) is 1. The summed E-state index contributed by atoms with van der Waals surface area (Å²) in [5, 5.41) is 18.5. The van der Waals surface area contributed by atoms with Gasteiger partial charge in [0.2, 0.25) is 0 Å². The maximum atomic E-state index is 10.4. The molecule has 0 atom stereocenters. The van der Waals surface area contributed by atoms with Gasteiger partial charge < -0.3 is 14.9 Å². The Bertz CT molecular complexity index is 268. The van der Waals surface area contributed by atoms with Crippen molar-refractivity contribution in [1.82, 2.24) is 0 Å². The average molecular weight is 188 g/mol. The van der Waals surface area contributed by atoms with Gasteiger partial charge in [-0.1, -0.05) is 0 Å². The van der Waals surface area contributed by atoms with E-state index in [9.17, 15) is 4.79 Å². The lowest BCUT2D eigenvalue weighted by Crippen LogP contribution is -2.00. The Hall–Kier alpha value is -1.07. The van der Waals surface area contributed by atoms with E-state index in [0.29, 0.717) is 5.75 Å². The second-order valence-electron chi connectivity index (χ2n) is 2.02.